The van der Waals surface area contributed by atoms with Gasteiger partial charge < -0.3 is 29.7 Å². The summed E-state index contributed by atoms with van der Waals surface area (Å²) in [6.07, 6.45) is -0.874. The number of carbonyl (C=O) groups is 3. The molecular weight excluding hydrogens is 231 g/mol. The first kappa shape index (κ1) is 20.0. The number of hydrogen-bond donors (Lipinski definition) is 0. The van der Waals surface area contributed by atoms with Crippen molar-refractivity contribution in [3.8, 4) is 0 Å². The number of rotatable bonds is 4. The van der Waals surface area contributed by atoms with Crippen molar-refractivity contribution in [1.82, 2.24) is 0 Å². The van der Waals surface area contributed by atoms with Gasteiger partial charge in [0.15, 0.2) is 0 Å². The van der Waals surface area contributed by atoms with Crippen molar-refractivity contribution in [3.63, 3.8) is 0 Å². The number of carbonyl (C=O) groups excluding carboxylic acids is 3. The fourth-order valence-corrected chi connectivity index (χ4v) is 0.480. The first-order chi connectivity index (χ1) is 5.43. The SMILES string of the molecule is O=C([O-])/C=C(\CC(=O)[O-])C(=O)[O-].[K+].[Mg+2]. The third-order valence-electron chi connectivity index (χ3n) is 0.889. The average molecular weight is 234 g/mol. The maximum absolute atomic E-state index is 10.0. The van der Waals surface area contributed by atoms with Crippen molar-refractivity contribution in [2.45, 2.75) is 6.42 Å². The zero-order chi connectivity index (χ0) is 9.72. The largest absolute Gasteiger partial charge is 2.00 e. The molecule has 0 aliphatic heterocycles. The summed E-state index contributed by atoms with van der Waals surface area (Å²) in [4.78, 5) is 29.7. The molecule has 0 unspecified atom stereocenters. The van der Waals surface area contributed by atoms with Crippen molar-refractivity contribution < 1.29 is 81.1 Å². The van der Waals surface area contributed by atoms with Gasteiger partial charge in [0.1, 0.15) is 0 Å². The van der Waals surface area contributed by atoms with Gasteiger partial charge in [-0.25, -0.2) is 0 Å². The fraction of sp³-hybridized carbons (Fsp3) is 0.167. The van der Waals surface area contributed by atoms with Gasteiger partial charge in [-0.2, -0.15) is 0 Å². The van der Waals surface area contributed by atoms with E-state index < -0.39 is 29.9 Å². The maximum Gasteiger partial charge on any atom is 2.00 e. The Labute approximate surface area is 138 Å². The summed E-state index contributed by atoms with van der Waals surface area (Å²) in [5.74, 6) is -5.37. The number of hydrogen-bond acceptors (Lipinski definition) is 6. The zero-order valence-electron chi connectivity index (χ0n) is 7.44. The molecule has 0 rings (SSSR count). The Hall–Kier alpha value is 0.553. The summed E-state index contributed by atoms with van der Waals surface area (Å²) in [7, 11) is 0. The second-order valence-electron chi connectivity index (χ2n) is 1.82. The van der Waals surface area contributed by atoms with Crippen LogP contribution in [0, 0.1) is 0 Å². The molecule has 0 spiro atoms. The van der Waals surface area contributed by atoms with Gasteiger partial charge in [-0.15, -0.1) is 0 Å². The molecule has 0 aliphatic rings. The van der Waals surface area contributed by atoms with Gasteiger partial charge in [0.05, 0.1) is 11.9 Å². The third-order valence-corrected chi connectivity index (χ3v) is 0.889. The van der Waals surface area contributed by atoms with Crippen molar-refractivity contribution in [2.24, 2.45) is 0 Å². The van der Waals surface area contributed by atoms with Crippen LogP contribution >= 0.6 is 0 Å². The molecule has 14 heavy (non-hydrogen) atoms. The number of carboxylic acids is 3. The van der Waals surface area contributed by atoms with Gasteiger partial charge in [-0.3, -0.25) is 0 Å². The molecule has 0 amide bonds. The second-order valence-corrected chi connectivity index (χ2v) is 1.82. The molecule has 0 radical (unpaired) electrons. The van der Waals surface area contributed by atoms with Crippen LogP contribution in [-0.4, -0.2) is 41.0 Å². The molecule has 0 N–H and O–H groups in total. The summed E-state index contributed by atoms with van der Waals surface area (Å²) in [5, 5.41) is 29.7. The normalized spacial score (nSPS) is 9.29. The Balaban J connectivity index is -0.000000605. The molecule has 0 aromatic heterocycles. The molecule has 0 atom stereocenters. The minimum absolute atomic E-state index is 0. The van der Waals surface area contributed by atoms with E-state index in [9.17, 15) is 29.7 Å². The first-order valence-corrected chi connectivity index (χ1v) is 2.76. The molecule has 66 valence electrons. The van der Waals surface area contributed by atoms with Crippen LogP contribution in [0.1, 0.15) is 6.42 Å². The van der Waals surface area contributed by atoms with Gasteiger partial charge in [0.2, 0.25) is 0 Å². The van der Waals surface area contributed by atoms with E-state index in [2.05, 4.69) is 0 Å². The molecule has 0 aromatic rings. The quantitative estimate of drug-likeness (QED) is 0.352. The molecule has 0 aromatic carbocycles. The Bertz CT molecular complexity index is 261. The second kappa shape index (κ2) is 10.1. The fourth-order valence-electron chi connectivity index (χ4n) is 0.480. The van der Waals surface area contributed by atoms with Crippen LogP contribution in [0.4, 0.5) is 0 Å². The minimum atomic E-state index is -1.87. The van der Waals surface area contributed by atoms with Gasteiger partial charge in [0, 0.05) is 12.4 Å². The Morgan fingerprint density at radius 2 is 1.50 bits per heavy atom. The summed E-state index contributed by atoms with van der Waals surface area (Å²) in [6.45, 7) is 0. The minimum Gasteiger partial charge on any atom is -0.550 e. The van der Waals surface area contributed by atoms with E-state index in [0.717, 1.165) is 0 Å². The number of aliphatic carboxylic acids is 3. The molecule has 6 nitrogen and oxygen atoms in total. The van der Waals surface area contributed by atoms with E-state index in [1.165, 1.54) is 0 Å². The molecule has 0 fully saturated rings. The first-order valence-electron chi connectivity index (χ1n) is 2.76. The predicted octanol–water partition coefficient (Wildman–Crippen LogP) is -7.82. The van der Waals surface area contributed by atoms with Crippen LogP contribution in [0.2, 0.25) is 0 Å². The molecular formula is C6H3KMgO6. The average Bonchev–Trinajstić information content (AvgIpc) is 1.83. The summed E-state index contributed by atoms with van der Waals surface area (Å²) in [6, 6.07) is 0. The van der Waals surface area contributed by atoms with E-state index in [1.807, 2.05) is 0 Å². The topological polar surface area (TPSA) is 120 Å². The van der Waals surface area contributed by atoms with E-state index in [1.54, 1.807) is 0 Å². The van der Waals surface area contributed by atoms with Crippen LogP contribution in [0.3, 0.4) is 0 Å². The van der Waals surface area contributed by atoms with Crippen LogP contribution in [0.25, 0.3) is 0 Å². The van der Waals surface area contributed by atoms with E-state index in [-0.39, 0.29) is 80.5 Å². The van der Waals surface area contributed by atoms with Gasteiger partial charge in [0.25, 0.3) is 0 Å². The number of carboxylic acid groups (broad SMARTS) is 3. The molecule has 0 bridgehead atoms. The van der Waals surface area contributed by atoms with E-state index in [0.29, 0.717) is 0 Å². The summed E-state index contributed by atoms with van der Waals surface area (Å²) in [5.41, 5.74) is -0.894. The Morgan fingerprint density at radius 1 is 1.07 bits per heavy atom. The zero-order valence-corrected chi connectivity index (χ0v) is 12.0. The van der Waals surface area contributed by atoms with Gasteiger partial charge in [-0.1, -0.05) is 0 Å². The maximum atomic E-state index is 10.0. The molecule has 0 saturated heterocycles. The van der Waals surface area contributed by atoms with Crippen molar-refractivity contribution in [1.29, 1.82) is 0 Å². The smallest absolute Gasteiger partial charge is 0.550 e. The Morgan fingerprint density at radius 3 is 1.71 bits per heavy atom. The summed E-state index contributed by atoms with van der Waals surface area (Å²) < 4.78 is 0. The van der Waals surface area contributed by atoms with Crippen molar-refractivity contribution in [3.05, 3.63) is 11.6 Å². The van der Waals surface area contributed by atoms with E-state index in [4.69, 9.17) is 0 Å². The molecule has 0 saturated carbocycles. The van der Waals surface area contributed by atoms with Gasteiger partial charge in [-0.05, 0) is 11.6 Å². The van der Waals surface area contributed by atoms with Crippen LogP contribution in [0.15, 0.2) is 11.6 Å². The third kappa shape index (κ3) is 10.6. The van der Waals surface area contributed by atoms with Gasteiger partial charge >= 0.3 is 74.4 Å². The Kier molecular flexibility index (Phi) is 14.4. The van der Waals surface area contributed by atoms with E-state index >= 15 is 0 Å². The molecule has 0 heterocycles. The van der Waals surface area contributed by atoms with Crippen LogP contribution in [0.5, 0.6) is 0 Å². The molecule has 8 heteroatoms. The standard InChI is InChI=1S/C6H6O6.K.Mg/c7-4(8)1-3(6(11)12)2-5(9)10;;/h1H,2H2,(H,7,8)(H,9,10)(H,11,12);;/q;+1;+2/p-3/b3-1+;;. The predicted molar refractivity (Wildman–Crippen MR) is 33.5 cm³/mol. The monoisotopic (exact) mass is 234 g/mol. The summed E-state index contributed by atoms with van der Waals surface area (Å²) >= 11 is 0. The van der Waals surface area contributed by atoms with Crippen molar-refractivity contribution >= 4 is 41.0 Å². The molecule has 0 aliphatic carbocycles. The van der Waals surface area contributed by atoms with Crippen LogP contribution in [-0.2, 0) is 14.4 Å². The van der Waals surface area contributed by atoms with Crippen molar-refractivity contribution in [2.75, 3.05) is 0 Å². The van der Waals surface area contributed by atoms with Crippen LogP contribution < -0.4 is 66.7 Å².